The molecule has 164 valence electrons. The van der Waals surface area contributed by atoms with Crippen molar-refractivity contribution in [2.24, 2.45) is 0 Å². The molecule has 12 heteroatoms. The van der Waals surface area contributed by atoms with E-state index in [0.717, 1.165) is 26.2 Å². The Morgan fingerprint density at radius 1 is 0.630 bits per heavy atom. The van der Waals surface area contributed by atoms with Gasteiger partial charge in [-0.25, -0.2) is 0 Å². The standard InChI is InChI=1S/C15H20F11I/c1-3-4-5-6-7-8-10(2,27)9-11(16,17)12(18,19)13(20,21)14(22,23)15(24,25)26/h3-9H2,1-2H3. The molecule has 0 bridgehead atoms. The average Bonchev–Trinajstić information content (AvgIpc) is 2.43. The van der Waals surface area contributed by atoms with Crippen molar-refractivity contribution in [3.63, 3.8) is 0 Å². The van der Waals surface area contributed by atoms with E-state index >= 15 is 0 Å². The van der Waals surface area contributed by atoms with Gasteiger partial charge in [0.15, 0.2) is 0 Å². The zero-order valence-corrected chi connectivity index (χ0v) is 16.6. The summed E-state index contributed by atoms with van der Waals surface area (Å²) in [6.07, 6.45) is -5.95. The van der Waals surface area contributed by atoms with E-state index in [2.05, 4.69) is 0 Å². The summed E-state index contributed by atoms with van der Waals surface area (Å²) in [7, 11) is 0. The van der Waals surface area contributed by atoms with Gasteiger partial charge in [-0.1, -0.05) is 68.5 Å². The fourth-order valence-electron chi connectivity index (χ4n) is 2.36. The van der Waals surface area contributed by atoms with Gasteiger partial charge < -0.3 is 0 Å². The Morgan fingerprint density at radius 2 is 1.07 bits per heavy atom. The maximum atomic E-state index is 13.8. The second-order valence-electron chi connectivity index (χ2n) is 6.68. The number of rotatable bonds is 11. The number of alkyl halides is 12. The van der Waals surface area contributed by atoms with Gasteiger partial charge in [0.25, 0.3) is 0 Å². The molecule has 1 atom stereocenters. The van der Waals surface area contributed by atoms with Gasteiger partial charge in [-0.3, -0.25) is 0 Å². The van der Waals surface area contributed by atoms with Crippen molar-refractivity contribution in [3.8, 4) is 0 Å². The molecule has 0 aromatic rings. The SMILES string of the molecule is CCCCCCCC(C)(I)CC(F)(F)C(F)(F)C(F)(F)C(F)(F)C(F)(F)F. The number of hydrogen-bond acceptors (Lipinski definition) is 0. The Labute approximate surface area is 163 Å². The molecule has 0 rings (SSSR count). The topological polar surface area (TPSA) is 0 Å². The van der Waals surface area contributed by atoms with Gasteiger partial charge in [0, 0.05) is 9.84 Å². The molecule has 0 heterocycles. The molecule has 0 aromatic heterocycles. The lowest BCUT2D eigenvalue weighted by Gasteiger charge is -2.39. The van der Waals surface area contributed by atoms with Gasteiger partial charge in [0.1, 0.15) is 0 Å². The van der Waals surface area contributed by atoms with Crippen LogP contribution in [0, 0.1) is 0 Å². The van der Waals surface area contributed by atoms with E-state index in [0.29, 0.717) is 6.42 Å². The minimum atomic E-state index is -7.32. The summed E-state index contributed by atoms with van der Waals surface area (Å²) in [6, 6.07) is 0. The van der Waals surface area contributed by atoms with Crippen molar-refractivity contribution in [1.29, 1.82) is 0 Å². The Bertz CT molecular complexity index is 469. The van der Waals surface area contributed by atoms with E-state index in [1.807, 2.05) is 6.92 Å². The van der Waals surface area contributed by atoms with Crippen LogP contribution in [0.4, 0.5) is 48.3 Å². The Balaban J connectivity index is 5.41. The van der Waals surface area contributed by atoms with E-state index in [4.69, 9.17) is 0 Å². The molecule has 1 unspecified atom stereocenters. The number of halogens is 12. The highest BCUT2D eigenvalue weighted by Crippen LogP contribution is 2.59. The van der Waals surface area contributed by atoms with Crippen LogP contribution < -0.4 is 0 Å². The fourth-order valence-corrected chi connectivity index (χ4v) is 3.22. The van der Waals surface area contributed by atoms with Crippen LogP contribution in [0.25, 0.3) is 0 Å². The van der Waals surface area contributed by atoms with E-state index in [1.165, 1.54) is 22.6 Å². The Hall–Kier alpha value is -0.0400. The summed E-state index contributed by atoms with van der Waals surface area (Å²) in [5.41, 5.74) is 0. The summed E-state index contributed by atoms with van der Waals surface area (Å²) in [6.45, 7) is 2.93. The molecule has 0 N–H and O–H groups in total. The van der Waals surface area contributed by atoms with Crippen LogP contribution in [0.2, 0.25) is 0 Å². The molecule has 0 nitrogen and oxygen atoms in total. The lowest BCUT2D eigenvalue weighted by atomic mass is 9.89. The van der Waals surface area contributed by atoms with Gasteiger partial charge in [0.2, 0.25) is 0 Å². The second-order valence-corrected chi connectivity index (χ2v) is 9.28. The molecule has 0 saturated carbocycles. The third kappa shape index (κ3) is 5.97. The molecule has 0 aromatic carbocycles. The summed E-state index contributed by atoms with van der Waals surface area (Å²) >= 11 is 1.30. The van der Waals surface area contributed by atoms with Crippen molar-refractivity contribution >= 4 is 22.6 Å². The first-order valence-corrected chi connectivity index (χ1v) is 9.11. The first-order valence-electron chi connectivity index (χ1n) is 8.04. The van der Waals surface area contributed by atoms with Gasteiger partial charge in [-0.2, -0.15) is 48.3 Å². The van der Waals surface area contributed by atoms with Crippen molar-refractivity contribution in [2.45, 2.75) is 92.1 Å². The largest absolute Gasteiger partial charge is 0.460 e. The van der Waals surface area contributed by atoms with E-state index < -0.39 is 39.7 Å². The van der Waals surface area contributed by atoms with Crippen LogP contribution in [0.3, 0.4) is 0 Å². The predicted octanol–water partition coefficient (Wildman–Crippen LogP) is 8.03. The third-order valence-electron chi connectivity index (χ3n) is 4.00. The highest BCUT2D eigenvalue weighted by Gasteiger charge is 2.87. The maximum absolute atomic E-state index is 13.8. The molecule has 0 spiro atoms. The lowest BCUT2D eigenvalue weighted by Crippen LogP contribution is -2.67. The van der Waals surface area contributed by atoms with Crippen LogP contribution in [-0.2, 0) is 0 Å². The fraction of sp³-hybridized carbons (Fsp3) is 1.00. The molecule has 0 aliphatic carbocycles. The quantitative estimate of drug-likeness (QED) is 0.109. The molecule has 0 saturated heterocycles. The van der Waals surface area contributed by atoms with Crippen LogP contribution in [0.5, 0.6) is 0 Å². The minimum Gasteiger partial charge on any atom is -0.200 e. The number of unbranched alkanes of at least 4 members (excludes halogenated alkanes) is 4. The molecule has 0 fully saturated rings. The average molecular weight is 536 g/mol. The van der Waals surface area contributed by atoms with Crippen LogP contribution in [0.1, 0.15) is 58.8 Å². The lowest BCUT2D eigenvalue weighted by molar-refractivity contribution is -0.422. The Kier molecular flexibility index (Phi) is 8.75. The van der Waals surface area contributed by atoms with Gasteiger partial charge in [0.05, 0.1) is 0 Å². The van der Waals surface area contributed by atoms with Gasteiger partial charge in [-0.05, 0) is 6.42 Å². The monoisotopic (exact) mass is 536 g/mol. The summed E-state index contributed by atoms with van der Waals surface area (Å²) in [5, 5.41) is 0. The van der Waals surface area contributed by atoms with E-state index in [9.17, 15) is 48.3 Å². The smallest absolute Gasteiger partial charge is 0.200 e. The first kappa shape index (κ1) is 27.0. The summed E-state index contributed by atoms with van der Waals surface area (Å²) in [4.78, 5) is 0. The van der Waals surface area contributed by atoms with Crippen LogP contribution in [0.15, 0.2) is 0 Å². The highest BCUT2D eigenvalue weighted by atomic mass is 127. The zero-order chi connectivity index (χ0) is 21.9. The first-order chi connectivity index (χ1) is 11.8. The third-order valence-corrected chi connectivity index (χ3v) is 4.92. The van der Waals surface area contributed by atoms with Crippen molar-refractivity contribution in [1.82, 2.24) is 0 Å². The molecule has 27 heavy (non-hydrogen) atoms. The summed E-state index contributed by atoms with van der Waals surface area (Å²) < 4.78 is 141. The highest BCUT2D eigenvalue weighted by molar-refractivity contribution is 14.1. The van der Waals surface area contributed by atoms with Crippen LogP contribution in [-0.4, -0.2) is 33.3 Å². The zero-order valence-electron chi connectivity index (χ0n) is 14.5. The van der Waals surface area contributed by atoms with E-state index in [-0.39, 0.29) is 12.8 Å². The molecule has 0 radical (unpaired) electrons. The van der Waals surface area contributed by atoms with Crippen molar-refractivity contribution in [3.05, 3.63) is 0 Å². The van der Waals surface area contributed by atoms with Gasteiger partial charge >= 0.3 is 29.9 Å². The second kappa shape index (κ2) is 8.76. The minimum absolute atomic E-state index is 0.121. The molecular weight excluding hydrogens is 516 g/mol. The van der Waals surface area contributed by atoms with Gasteiger partial charge in [-0.15, -0.1) is 0 Å². The maximum Gasteiger partial charge on any atom is 0.460 e. The summed E-state index contributed by atoms with van der Waals surface area (Å²) in [5.74, 6) is -27.3. The molecule has 0 amide bonds. The van der Waals surface area contributed by atoms with Crippen molar-refractivity contribution < 1.29 is 48.3 Å². The molecule has 0 aliphatic heterocycles. The number of hydrogen-bond donors (Lipinski definition) is 0. The normalized spacial score (nSPS) is 17.1. The Morgan fingerprint density at radius 3 is 1.48 bits per heavy atom. The predicted molar refractivity (Wildman–Crippen MR) is 86.3 cm³/mol. The van der Waals surface area contributed by atoms with E-state index in [1.54, 1.807) is 0 Å². The van der Waals surface area contributed by atoms with Crippen molar-refractivity contribution in [2.75, 3.05) is 0 Å². The molecule has 0 aliphatic rings. The van der Waals surface area contributed by atoms with Crippen LogP contribution >= 0.6 is 22.6 Å². The molecular formula is C15H20F11I.